The largest absolute Gasteiger partial charge is 0.465 e. The fourth-order valence-corrected chi connectivity index (χ4v) is 4.95. The topological polar surface area (TPSA) is 107 Å². The first-order valence-electron chi connectivity index (χ1n) is 9.03. The molecule has 3 aromatic carbocycles. The molecule has 0 spiro atoms. The maximum atomic E-state index is 13.6. The van der Waals surface area contributed by atoms with Crippen molar-refractivity contribution >= 4 is 50.6 Å². The molecule has 166 valence electrons. The fourth-order valence-electron chi connectivity index (χ4n) is 2.87. The van der Waals surface area contributed by atoms with Gasteiger partial charge in [0.1, 0.15) is 4.90 Å². The summed E-state index contributed by atoms with van der Waals surface area (Å²) in [7, 11) is -3.06. The number of carbonyl (C=O) groups is 1. The highest BCUT2D eigenvalue weighted by Crippen LogP contribution is 2.33. The van der Waals surface area contributed by atoms with Crippen LogP contribution in [0.15, 0.2) is 71.6 Å². The van der Waals surface area contributed by atoms with E-state index in [9.17, 15) is 23.3 Å². The minimum atomic E-state index is -4.32. The molecule has 0 atom stereocenters. The van der Waals surface area contributed by atoms with E-state index in [0.717, 1.165) is 22.5 Å². The van der Waals surface area contributed by atoms with E-state index < -0.39 is 31.5 Å². The van der Waals surface area contributed by atoms with Gasteiger partial charge in [-0.3, -0.25) is 14.4 Å². The van der Waals surface area contributed by atoms with Gasteiger partial charge in [-0.05, 0) is 48.0 Å². The van der Waals surface area contributed by atoms with Crippen LogP contribution in [0.2, 0.25) is 10.0 Å². The first-order valence-corrected chi connectivity index (χ1v) is 11.2. The standard InChI is InChI=1S/C21H16Cl2N2O6S/c1-31-21(26)15-4-2-14(3-5-15)13-24(17-8-6-16(22)7-9-17)32(29,30)20-12-18(25(27)28)10-11-19(20)23/h2-12H,13H2,1H3. The summed E-state index contributed by atoms with van der Waals surface area (Å²) in [6, 6.07) is 15.4. The number of non-ortho nitro benzene ring substituents is 1. The molecule has 0 aliphatic carbocycles. The van der Waals surface area contributed by atoms with Gasteiger partial charge >= 0.3 is 5.97 Å². The third-order valence-corrected chi connectivity index (χ3v) is 7.02. The number of methoxy groups -OCH3 is 1. The summed E-state index contributed by atoms with van der Waals surface area (Å²) in [5.74, 6) is -0.526. The average Bonchev–Trinajstić information content (AvgIpc) is 2.78. The lowest BCUT2D eigenvalue weighted by Gasteiger charge is -2.25. The van der Waals surface area contributed by atoms with E-state index in [1.54, 1.807) is 12.1 Å². The van der Waals surface area contributed by atoms with Gasteiger partial charge in [0.05, 0.1) is 34.9 Å². The van der Waals surface area contributed by atoms with Crippen molar-refractivity contribution in [2.24, 2.45) is 0 Å². The van der Waals surface area contributed by atoms with Crippen LogP contribution in [0.25, 0.3) is 0 Å². The van der Waals surface area contributed by atoms with Gasteiger partial charge in [-0.15, -0.1) is 0 Å². The van der Waals surface area contributed by atoms with Crippen molar-refractivity contribution in [1.29, 1.82) is 0 Å². The number of nitro groups is 1. The van der Waals surface area contributed by atoms with Crippen LogP contribution in [-0.2, 0) is 21.3 Å². The van der Waals surface area contributed by atoms with Crippen molar-refractivity contribution in [2.45, 2.75) is 11.4 Å². The molecule has 0 unspecified atom stereocenters. The minimum absolute atomic E-state index is 0.134. The van der Waals surface area contributed by atoms with Crippen LogP contribution in [0.5, 0.6) is 0 Å². The first kappa shape index (κ1) is 23.5. The number of benzene rings is 3. The van der Waals surface area contributed by atoms with Crippen LogP contribution in [0.3, 0.4) is 0 Å². The summed E-state index contributed by atoms with van der Waals surface area (Å²) in [5.41, 5.74) is 0.720. The number of nitrogens with zero attached hydrogens (tertiary/aromatic N) is 2. The van der Waals surface area contributed by atoms with E-state index in [-0.39, 0.29) is 17.3 Å². The molecule has 0 aliphatic heterocycles. The van der Waals surface area contributed by atoms with Gasteiger partial charge < -0.3 is 4.74 Å². The summed E-state index contributed by atoms with van der Waals surface area (Å²) in [5, 5.41) is 11.4. The lowest BCUT2D eigenvalue weighted by molar-refractivity contribution is -0.385. The van der Waals surface area contributed by atoms with Crippen molar-refractivity contribution in [3.05, 3.63) is 98.0 Å². The van der Waals surface area contributed by atoms with E-state index in [4.69, 9.17) is 23.2 Å². The first-order chi connectivity index (χ1) is 15.1. The number of hydrogen-bond donors (Lipinski definition) is 0. The summed E-state index contributed by atoms with van der Waals surface area (Å²) < 4.78 is 32.8. The monoisotopic (exact) mass is 494 g/mol. The Morgan fingerprint density at radius 2 is 1.66 bits per heavy atom. The Bertz CT molecular complexity index is 1260. The molecule has 0 radical (unpaired) electrons. The van der Waals surface area contributed by atoms with Gasteiger partial charge in [-0.2, -0.15) is 0 Å². The smallest absolute Gasteiger partial charge is 0.337 e. The summed E-state index contributed by atoms with van der Waals surface area (Å²) in [6.45, 7) is -0.134. The molecule has 0 N–H and O–H groups in total. The Morgan fingerprint density at radius 3 is 2.22 bits per heavy atom. The zero-order valence-corrected chi connectivity index (χ0v) is 18.9. The molecule has 8 nitrogen and oxygen atoms in total. The van der Waals surface area contributed by atoms with Crippen LogP contribution in [0.4, 0.5) is 11.4 Å². The Hall–Kier alpha value is -3.14. The second-order valence-electron chi connectivity index (χ2n) is 6.55. The molecule has 11 heteroatoms. The van der Waals surface area contributed by atoms with E-state index in [0.29, 0.717) is 16.1 Å². The Morgan fingerprint density at radius 1 is 1.03 bits per heavy atom. The summed E-state index contributed by atoms with van der Waals surface area (Å²) in [6.07, 6.45) is 0. The highest BCUT2D eigenvalue weighted by molar-refractivity contribution is 7.93. The maximum Gasteiger partial charge on any atom is 0.337 e. The highest BCUT2D eigenvalue weighted by Gasteiger charge is 2.29. The van der Waals surface area contributed by atoms with Gasteiger partial charge in [-0.25, -0.2) is 13.2 Å². The molecule has 0 bridgehead atoms. The number of esters is 1. The van der Waals surface area contributed by atoms with Crippen molar-refractivity contribution in [2.75, 3.05) is 11.4 Å². The molecule has 0 heterocycles. The van der Waals surface area contributed by atoms with E-state index in [2.05, 4.69) is 4.74 Å². The van der Waals surface area contributed by atoms with Crippen LogP contribution in [0, 0.1) is 10.1 Å². The lowest BCUT2D eigenvalue weighted by Crippen LogP contribution is -2.31. The lowest BCUT2D eigenvalue weighted by atomic mass is 10.1. The van der Waals surface area contributed by atoms with E-state index in [1.165, 1.54) is 43.5 Å². The average molecular weight is 495 g/mol. The third-order valence-electron chi connectivity index (χ3n) is 4.51. The second kappa shape index (κ2) is 9.56. The van der Waals surface area contributed by atoms with Crippen molar-refractivity contribution in [3.63, 3.8) is 0 Å². The number of carbonyl (C=O) groups excluding carboxylic acids is 1. The predicted octanol–water partition coefficient (Wildman–Crippen LogP) is 5.08. The molecular formula is C21H16Cl2N2O6S. The van der Waals surface area contributed by atoms with Gasteiger partial charge in [0.2, 0.25) is 0 Å². The number of hydrogen-bond acceptors (Lipinski definition) is 6. The predicted molar refractivity (Wildman–Crippen MR) is 121 cm³/mol. The second-order valence-corrected chi connectivity index (χ2v) is 9.22. The van der Waals surface area contributed by atoms with Crippen LogP contribution in [0.1, 0.15) is 15.9 Å². The molecule has 3 rings (SSSR count). The van der Waals surface area contributed by atoms with Gasteiger partial charge in [-0.1, -0.05) is 35.3 Å². The van der Waals surface area contributed by atoms with E-state index >= 15 is 0 Å². The SMILES string of the molecule is COC(=O)c1ccc(CN(c2ccc(Cl)cc2)S(=O)(=O)c2cc([N+](=O)[O-])ccc2Cl)cc1. The Labute approximate surface area is 194 Å². The fraction of sp³-hybridized carbons (Fsp3) is 0.0952. The van der Waals surface area contributed by atoms with Crippen molar-refractivity contribution < 1.29 is 22.9 Å². The summed E-state index contributed by atoms with van der Waals surface area (Å²) in [4.78, 5) is 21.7. The molecule has 0 aliphatic rings. The van der Waals surface area contributed by atoms with Gasteiger partial charge in [0, 0.05) is 17.2 Å². The number of nitro benzene ring substituents is 1. The zero-order chi connectivity index (χ0) is 23.5. The minimum Gasteiger partial charge on any atom is -0.465 e. The number of ether oxygens (including phenoxy) is 1. The molecule has 0 saturated heterocycles. The number of sulfonamides is 1. The molecule has 32 heavy (non-hydrogen) atoms. The number of anilines is 1. The van der Waals surface area contributed by atoms with Crippen LogP contribution in [-0.4, -0.2) is 26.4 Å². The van der Waals surface area contributed by atoms with Gasteiger partial charge in [0.15, 0.2) is 0 Å². The quantitative estimate of drug-likeness (QED) is 0.257. The van der Waals surface area contributed by atoms with Crippen molar-refractivity contribution in [3.8, 4) is 0 Å². The zero-order valence-electron chi connectivity index (χ0n) is 16.6. The highest BCUT2D eigenvalue weighted by atomic mass is 35.5. The van der Waals surface area contributed by atoms with E-state index in [1.807, 2.05) is 0 Å². The summed E-state index contributed by atoms with van der Waals surface area (Å²) >= 11 is 12.1. The number of halogens is 2. The van der Waals surface area contributed by atoms with Crippen LogP contribution < -0.4 is 4.31 Å². The Balaban J connectivity index is 2.09. The van der Waals surface area contributed by atoms with Gasteiger partial charge in [0.25, 0.3) is 15.7 Å². The molecule has 0 fully saturated rings. The molecule has 0 amide bonds. The molecule has 3 aromatic rings. The third kappa shape index (κ3) is 5.01. The van der Waals surface area contributed by atoms with Crippen molar-refractivity contribution in [1.82, 2.24) is 0 Å². The van der Waals surface area contributed by atoms with Crippen LogP contribution >= 0.6 is 23.2 Å². The molecule has 0 aromatic heterocycles. The normalized spacial score (nSPS) is 11.1. The molecular weight excluding hydrogens is 479 g/mol. The number of rotatable bonds is 7. The maximum absolute atomic E-state index is 13.6. The molecule has 0 saturated carbocycles. The Kier molecular flexibility index (Phi) is 7.02.